The van der Waals surface area contributed by atoms with E-state index in [1.54, 1.807) is 0 Å². The van der Waals surface area contributed by atoms with Crippen LogP contribution in [0, 0.1) is 0 Å². The van der Waals surface area contributed by atoms with Crippen LogP contribution in [0.15, 0.2) is 35.3 Å². The van der Waals surface area contributed by atoms with E-state index in [1.807, 2.05) is 42.1 Å². The van der Waals surface area contributed by atoms with Gasteiger partial charge in [0.25, 0.3) is 5.56 Å². The highest BCUT2D eigenvalue weighted by Gasteiger charge is 2.11. The van der Waals surface area contributed by atoms with E-state index in [0.717, 1.165) is 23.7 Å². The number of nitrogens with zero attached hydrogens (tertiary/aromatic N) is 1. The fraction of sp³-hybridized carbons (Fsp3) is 0.400. The average Bonchev–Trinajstić information content (AvgIpc) is 2.41. The molecular formula is C15H20N2O. The van der Waals surface area contributed by atoms with Gasteiger partial charge in [-0.05, 0) is 37.4 Å². The summed E-state index contributed by atoms with van der Waals surface area (Å²) >= 11 is 0. The quantitative estimate of drug-likeness (QED) is 0.897. The second kappa shape index (κ2) is 5.36. The first kappa shape index (κ1) is 12.8. The highest BCUT2D eigenvalue weighted by molar-refractivity contribution is 5.85. The monoisotopic (exact) mass is 244 g/mol. The van der Waals surface area contributed by atoms with Crippen molar-refractivity contribution < 1.29 is 0 Å². The third-order valence-corrected chi connectivity index (χ3v) is 3.39. The lowest BCUT2D eigenvalue weighted by Crippen LogP contribution is -2.23. The molecule has 1 aromatic heterocycles. The van der Waals surface area contributed by atoms with E-state index in [0.29, 0.717) is 0 Å². The van der Waals surface area contributed by atoms with Gasteiger partial charge in [-0.15, -0.1) is 0 Å². The number of hydrogen-bond acceptors (Lipinski definition) is 2. The standard InChI is InChI=1S/C15H20N2O/c1-4-9-17-10-14(11(2)16-3)12-7-5-6-8-13(12)15(17)18/h5-8,10-11,16H,4,9H2,1-3H3. The van der Waals surface area contributed by atoms with Crippen molar-refractivity contribution in [3.8, 4) is 0 Å². The van der Waals surface area contributed by atoms with Gasteiger partial charge in [0.15, 0.2) is 0 Å². The molecule has 1 atom stereocenters. The SMILES string of the molecule is CCCn1cc(C(C)NC)c2ccccc2c1=O. The van der Waals surface area contributed by atoms with Gasteiger partial charge in [0.05, 0.1) is 0 Å². The number of rotatable bonds is 4. The number of hydrogen-bond donors (Lipinski definition) is 1. The summed E-state index contributed by atoms with van der Waals surface area (Å²) in [6.07, 6.45) is 2.96. The van der Waals surface area contributed by atoms with Gasteiger partial charge in [0.2, 0.25) is 0 Å². The number of pyridine rings is 1. The molecule has 18 heavy (non-hydrogen) atoms. The van der Waals surface area contributed by atoms with Crippen LogP contribution in [0.25, 0.3) is 10.8 Å². The fourth-order valence-corrected chi connectivity index (χ4v) is 2.28. The number of aromatic nitrogens is 1. The van der Waals surface area contributed by atoms with E-state index in [9.17, 15) is 4.79 Å². The number of fused-ring (bicyclic) bond motifs is 1. The molecule has 96 valence electrons. The lowest BCUT2D eigenvalue weighted by atomic mass is 10.0. The van der Waals surface area contributed by atoms with Crippen LogP contribution < -0.4 is 10.9 Å². The third kappa shape index (κ3) is 2.18. The van der Waals surface area contributed by atoms with Gasteiger partial charge >= 0.3 is 0 Å². The Morgan fingerprint density at radius 1 is 1.28 bits per heavy atom. The number of benzene rings is 1. The Labute approximate surface area is 107 Å². The molecule has 2 rings (SSSR count). The Bertz CT molecular complexity index is 601. The van der Waals surface area contributed by atoms with Crippen LogP contribution in [-0.4, -0.2) is 11.6 Å². The molecule has 0 aliphatic carbocycles. The summed E-state index contributed by atoms with van der Waals surface area (Å²) in [5, 5.41) is 5.11. The normalized spacial score (nSPS) is 12.8. The van der Waals surface area contributed by atoms with Gasteiger partial charge in [-0.25, -0.2) is 0 Å². The van der Waals surface area contributed by atoms with Crippen molar-refractivity contribution in [3.63, 3.8) is 0 Å². The maximum atomic E-state index is 12.3. The Kier molecular flexibility index (Phi) is 3.82. The van der Waals surface area contributed by atoms with Gasteiger partial charge < -0.3 is 9.88 Å². The molecule has 1 heterocycles. The van der Waals surface area contributed by atoms with E-state index >= 15 is 0 Å². The van der Waals surface area contributed by atoms with Crippen LogP contribution in [0.2, 0.25) is 0 Å². The largest absolute Gasteiger partial charge is 0.315 e. The maximum Gasteiger partial charge on any atom is 0.258 e. The van der Waals surface area contributed by atoms with Crippen LogP contribution in [0.1, 0.15) is 31.9 Å². The molecule has 3 nitrogen and oxygen atoms in total. The molecule has 0 saturated heterocycles. The molecule has 3 heteroatoms. The smallest absolute Gasteiger partial charge is 0.258 e. The molecule has 0 saturated carbocycles. The van der Waals surface area contributed by atoms with Crippen molar-refractivity contribution in [1.82, 2.24) is 9.88 Å². The summed E-state index contributed by atoms with van der Waals surface area (Å²) in [4.78, 5) is 12.3. The minimum absolute atomic E-state index is 0.111. The minimum atomic E-state index is 0.111. The zero-order valence-electron chi connectivity index (χ0n) is 11.2. The van der Waals surface area contributed by atoms with Crippen molar-refractivity contribution in [3.05, 3.63) is 46.4 Å². The first-order valence-corrected chi connectivity index (χ1v) is 6.48. The number of aryl methyl sites for hydroxylation is 1. The Morgan fingerprint density at radius 2 is 1.94 bits per heavy atom. The predicted octanol–water partition coefficient (Wildman–Crippen LogP) is 2.69. The van der Waals surface area contributed by atoms with E-state index in [2.05, 4.69) is 19.2 Å². The lowest BCUT2D eigenvalue weighted by Gasteiger charge is -2.16. The number of nitrogens with one attached hydrogen (secondary N) is 1. The molecule has 0 amide bonds. The zero-order chi connectivity index (χ0) is 13.1. The average molecular weight is 244 g/mol. The molecule has 0 aliphatic rings. The van der Waals surface area contributed by atoms with Crippen molar-refractivity contribution in [2.45, 2.75) is 32.9 Å². The van der Waals surface area contributed by atoms with Crippen LogP contribution in [0.3, 0.4) is 0 Å². The molecule has 1 unspecified atom stereocenters. The Balaban J connectivity index is 2.75. The first-order valence-electron chi connectivity index (χ1n) is 6.48. The Morgan fingerprint density at radius 3 is 2.56 bits per heavy atom. The van der Waals surface area contributed by atoms with Crippen LogP contribution in [-0.2, 0) is 6.54 Å². The maximum absolute atomic E-state index is 12.3. The zero-order valence-corrected chi connectivity index (χ0v) is 11.2. The Hall–Kier alpha value is -1.61. The summed E-state index contributed by atoms with van der Waals surface area (Å²) in [5.41, 5.74) is 1.29. The van der Waals surface area contributed by atoms with Gasteiger partial charge in [-0.3, -0.25) is 4.79 Å². The summed E-state index contributed by atoms with van der Waals surface area (Å²) in [5.74, 6) is 0. The van der Waals surface area contributed by atoms with Gasteiger partial charge in [0, 0.05) is 24.2 Å². The van der Waals surface area contributed by atoms with Crippen molar-refractivity contribution >= 4 is 10.8 Å². The summed E-state index contributed by atoms with van der Waals surface area (Å²) < 4.78 is 1.82. The first-order chi connectivity index (χ1) is 8.69. The molecule has 0 aliphatic heterocycles. The lowest BCUT2D eigenvalue weighted by molar-refractivity contribution is 0.619. The fourth-order valence-electron chi connectivity index (χ4n) is 2.28. The van der Waals surface area contributed by atoms with Crippen molar-refractivity contribution in [1.29, 1.82) is 0 Å². The summed E-state index contributed by atoms with van der Waals surface area (Å²) in [7, 11) is 1.94. The van der Waals surface area contributed by atoms with Crippen LogP contribution >= 0.6 is 0 Å². The molecular weight excluding hydrogens is 224 g/mol. The highest BCUT2D eigenvalue weighted by Crippen LogP contribution is 2.21. The molecule has 1 aromatic carbocycles. The van der Waals surface area contributed by atoms with Crippen molar-refractivity contribution in [2.24, 2.45) is 0 Å². The van der Waals surface area contributed by atoms with E-state index in [1.165, 1.54) is 5.56 Å². The van der Waals surface area contributed by atoms with Gasteiger partial charge in [-0.1, -0.05) is 25.1 Å². The van der Waals surface area contributed by atoms with Crippen molar-refractivity contribution in [2.75, 3.05) is 7.05 Å². The minimum Gasteiger partial charge on any atom is -0.315 e. The second-order valence-electron chi connectivity index (χ2n) is 4.64. The van der Waals surface area contributed by atoms with Gasteiger partial charge in [0.1, 0.15) is 0 Å². The molecule has 0 bridgehead atoms. The van der Waals surface area contributed by atoms with Crippen LogP contribution in [0.5, 0.6) is 0 Å². The summed E-state index contributed by atoms with van der Waals surface area (Å²) in [6.45, 7) is 4.97. The van der Waals surface area contributed by atoms with E-state index in [4.69, 9.17) is 0 Å². The third-order valence-electron chi connectivity index (χ3n) is 3.39. The highest BCUT2D eigenvalue weighted by atomic mass is 16.1. The molecule has 1 N–H and O–H groups in total. The van der Waals surface area contributed by atoms with E-state index < -0.39 is 0 Å². The second-order valence-corrected chi connectivity index (χ2v) is 4.64. The predicted molar refractivity (Wildman–Crippen MR) is 76.0 cm³/mol. The summed E-state index contributed by atoms with van der Waals surface area (Å²) in [6, 6.07) is 8.08. The molecule has 0 fully saturated rings. The molecule has 0 radical (unpaired) electrons. The van der Waals surface area contributed by atoms with Crippen LogP contribution in [0.4, 0.5) is 0 Å². The van der Waals surface area contributed by atoms with E-state index in [-0.39, 0.29) is 11.6 Å². The topological polar surface area (TPSA) is 34.0 Å². The molecule has 2 aromatic rings. The van der Waals surface area contributed by atoms with Gasteiger partial charge in [-0.2, -0.15) is 0 Å². The molecule has 0 spiro atoms.